The van der Waals surface area contributed by atoms with E-state index in [9.17, 15) is 18.3 Å². The quantitative estimate of drug-likeness (QED) is 0.460. The molecule has 1 atom stereocenters. The molecule has 172 valence electrons. The lowest BCUT2D eigenvalue weighted by Crippen LogP contribution is -2.48. The van der Waals surface area contributed by atoms with Crippen molar-refractivity contribution in [2.24, 2.45) is 11.3 Å². The largest absolute Gasteiger partial charge is 0.388 e. The van der Waals surface area contributed by atoms with Gasteiger partial charge in [0.15, 0.2) is 0 Å². The predicted octanol–water partition coefficient (Wildman–Crippen LogP) is 2.25. The summed E-state index contributed by atoms with van der Waals surface area (Å²) in [5, 5.41) is 22.4. The van der Waals surface area contributed by atoms with Gasteiger partial charge in [0.2, 0.25) is 10.0 Å². The summed E-state index contributed by atoms with van der Waals surface area (Å²) < 4.78 is 24.5. The number of benzene rings is 1. The third-order valence-electron chi connectivity index (χ3n) is 6.14. The van der Waals surface area contributed by atoms with Crippen LogP contribution < -0.4 is 10.0 Å². The number of nitrogens with zero attached hydrogens (tertiary/aromatic N) is 2. The number of hydrogen-bond acceptors (Lipinski definition) is 5. The molecule has 11 heteroatoms. The van der Waals surface area contributed by atoms with E-state index in [0.29, 0.717) is 18.1 Å². The highest BCUT2D eigenvalue weighted by molar-refractivity contribution is 7.88. The third-order valence-corrected chi connectivity index (χ3v) is 7.09. The summed E-state index contributed by atoms with van der Waals surface area (Å²) in [6.45, 7) is 5.60. The Hall–Kier alpha value is -1.88. The van der Waals surface area contributed by atoms with Gasteiger partial charge >= 0.3 is 6.03 Å². The normalized spacial score (nSPS) is 17.1. The number of rotatable bonds is 7. The molecule has 0 radical (unpaired) electrons. The van der Waals surface area contributed by atoms with Gasteiger partial charge in [-0.05, 0) is 36.3 Å². The molecule has 1 aliphatic heterocycles. The van der Waals surface area contributed by atoms with Gasteiger partial charge in [0, 0.05) is 42.2 Å². The summed E-state index contributed by atoms with van der Waals surface area (Å²) >= 11 is 6.25. The minimum Gasteiger partial charge on any atom is -0.388 e. The van der Waals surface area contributed by atoms with Gasteiger partial charge in [0.05, 0.1) is 24.1 Å². The molecule has 1 aromatic carbocycles. The van der Waals surface area contributed by atoms with Crippen LogP contribution in [-0.4, -0.2) is 67.1 Å². The Balaban J connectivity index is 1.59. The second-order valence-electron chi connectivity index (χ2n) is 8.71. The molecule has 1 aliphatic rings. The first-order valence-electron chi connectivity index (χ1n) is 10.3. The predicted molar refractivity (Wildman–Crippen MR) is 120 cm³/mol. The molecule has 1 fully saturated rings. The average Bonchev–Trinajstić information content (AvgIpc) is 3.17. The number of nitrogens with one attached hydrogen (secondary N) is 3. The van der Waals surface area contributed by atoms with Gasteiger partial charge in [0.1, 0.15) is 0 Å². The lowest BCUT2D eigenvalue weighted by molar-refractivity contribution is -0.0143. The monoisotopic (exact) mass is 471 g/mol. The van der Waals surface area contributed by atoms with Crippen LogP contribution in [0, 0.1) is 11.3 Å². The standard InChI is InChI=1S/C20H30ClN5O4S/c1-20(2,18(27)16-11-15(21)10-13-12-23-25-17(13)16)14-4-8-26(9-5-14)19(28)22-6-7-24-31(3,29)30/h10-12,14,18,24,27H,4-9H2,1-3H3,(H,22,28)(H,23,25). The number of halogens is 1. The molecule has 2 aromatic rings. The van der Waals surface area contributed by atoms with Crippen LogP contribution in [0.25, 0.3) is 10.9 Å². The van der Waals surface area contributed by atoms with E-state index in [0.717, 1.165) is 35.6 Å². The fourth-order valence-electron chi connectivity index (χ4n) is 4.23. The van der Waals surface area contributed by atoms with Crippen molar-refractivity contribution >= 4 is 38.6 Å². The van der Waals surface area contributed by atoms with E-state index < -0.39 is 21.5 Å². The summed E-state index contributed by atoms with van der Waals surface area (Å²) in [5.41, 5.74) is 1.07. The average molecular weight is 472 g/mol. The molecular formula is C20H30ClN5O4S. The number of aliphatic hydroxyl groups excluding tert-OH is 1. The van der Waals surface area contributed by atoms with Crippen LogP contribution in [-0.2, 0) is 10.0 Å². The highest BCUT2D eigenvalue weighted by Gasteiger charge is 2.40. The first kappa shape index (κ1) is 23.8. The van der Waals surface area contributed by atoms with Crippen LogP contribution in [0.15, 0.2) is 18.3 Å². The van der Waals surface area contributed by atoms with Crippen LogP contribution in [0.3, 0.4) is 0 Å². The van der Waals surface area contributed by atoms with E-state index >= 15 is 0 Å². The number of likely N-dealkylation sites (tertiary alicyclic amines) is 1. The van der Waals surface area contributed by atoms with Gasteiger partial charge in [-0.25, -0.2) is 17.9 Å². The van der Waals surface area contributed by atoms with Crippen LogP contribution >= 0.6 is 11.6 Å². The van der Waals surface area contributed by atoms with Crippen molar-refractivity contribution in [3.63, 3.8) is 0 Å². The SMILES string of the molecule is CC(C)(C1CCN(C(=O)NCCNS(C)(=O)=O)CC1)C(O)c1cc(Cl)cc2cn[nH]c12. The van der Waals surface area contributed by atoms with Gasteiger partial charge in [0.25, 0.3) is 0 Å². The highest BCUT2D eigenvalue weighted by atomic mass is 35.5. The van der Waals surface area contributed by atoms with Crippen molar-refractivity contribution in [3.8, 4) is 0 Å². The number of urea groups is 1. The van der Waals surface area contributed by atoms with Gasteiger partial charge in [-0.3, -0.25) is 5.10 Å². The van der Waals surface area contributed by atoms with Crippen molar-refractivity contribution in [2.75, 3.05) is 32.4 Å². The number of H-pyrrole nitrogens is 1. The van der Waals surface area contributed by atoms with Crippen LogP contribution in [0.4, 0.5) is 4.79 Å². The van der Waals surface area contributed by atoms with Crippen LogP contribution in [0.1, 0.15) is 38.4 Å². The molecule has 2 heterocycles. The Morgan fingerprint density at radius 3 is 2.68 bits per heavy atom. The van der Waals surface area contributed by atoms with Gasteiger partial charge < -0.3 is 15.3 Å². The molecule has 31 heavy (non-hydrogen) atoms. The Kier molecular flexibility index (Phi) is 7.14. The molecule has 1 unspecified atom stereocenters. The number of aromatic amines is 1. The molecule has 3 rings (SSSR count). The Bertz CT molecular complexity index is 1030. The second-order valence-corrected chi connectivity index (χ2v) is 11.0. The van der Waals surface area contributed by atoms with E-state index in [-0.39, 0.29) is 25.0 Å². The molecule has 0 spiro atoms. The minimum atomic E-state index is -3.27. The first-order valence-corrected chi connectivity index (χ1v) is 12.5. The first-order chi connectivity index (χ1) is 14.5. The lowest BCUT2D eigenvalue weighted by atomic mass is 9.68. The fourth-order valence-corrected chi connectivity index (χ4v) is 4.94. The Morgan fingerprint density at radius 1 is 1.35 bits per heavy atom. The van der Waals surface area contributed by atoms with Crippen LogP contribution in [0.2, 0.25) is 5.02 Å². The summed E-state index contributed by atoms with van der Waals surface area (Å²) in [6.07, 6.45) is 3.53. The molecule has 0 bridgehead atoms. The lowest BCUT2D eigenvalue weighted by Gasteiger charge is -2.43. The number of carbonyl (C=O) groups is 1. The number of fused-ring (bicyclic) bond motifs is 1. The molecular weight excluding hydrogens is 442 g/mol. The number of aromatic nitrogens is 2. The number of amides is 2. The van der Waals surface area contributed by atoms with Crippen molar-refractivity contribution in [3.05, 3.63) is 28.9 Å². The van der Waals surface area contributed by atoms with Crippen molar-refractivity contribution in [1.82, 2.24) is 25.1 Å². The molecule has 1 aromatic heterocycles. The van der Waals surface area contributed by atoms with E-state index in [1.807, 2.05) is 19.9 Å². The Morgan fingerprint density at radius 2 is 2.03 bits per heavy atom. The maximum atomic E-state index is 12.4. The summed E-state index contributed by atoms with van der Waals surface area (Å²) in [6, 6.07) is 3.38. The van der Waals surface area contributed by atoms with E-state index in [1.165, 1.54) is 0 Å². The summed E-state index contributed by atoms with van der Waals surface area (Å²) in [4.78, 5) is 14.1. The minimum absolute atomic E-state index is 0.155. The molecule has 0 saturated carbocycles. The van der Waals surface area contributed by atoms with E-state index in [1.54, 1.807) is 17.2 Å². The fraction of sp³-hybridized carbons (Fsp3) is 0.600. The van der Waals surface area contributed by atoms with Gasteiger partial charge in [-0.15, -0.1) is 0 Å². The maximum absolute atomic E-state index is 12.4. The highest BCUT2D eigenvalue weighted by Crippen LogP contribution is 2.46. The number of hydrogen-bond donors (Lipinski definition) is 4. The maximum Gasteiger partial charge on any atom is 0.317 e. The summed E-state index contributed by atoms with van der Waals surface area (Å²) in [5.74, 6) is 0.204. The number of piperidine rings is 1. The zero-order valence-electron chi connectivity index (χ0n) is 18.0. The molecule has 1 saturated heterocycles. The van der Waals surface area contributed by atoms with Gasteiger partial charge in [-0.1, -0.05) is 25.4 Å². The molecule has 4 N–H and O–H groups in total. The van der Waals surface area contributed by atoms with Crippen molar-refractivity contribution in [2.45, 2.75) is 32.8 Å². The molecule has 2 amide bonds. The zero-order chi connectivity index (χ0) is 22.8. The second kappa shape index (κ2) is 9.32. The number of carbonyl (C=O) groups excluding carboxylic acids is 1. The van der Waals surface area contributed by atoms with Crippen molar-refractivity contribution in [1.29, 1.82) is 0 Å². The number of aliphatic hydroxyl groups is 1. The van der Waals surface area contributed by atoms with Crippen LogP contribution in [0.5, 0.6) is 0 Å². The summed E-state index contributed by atoms with van der Waals surface area (Å²) in [7, 11) is -3.27. The zero-order valence-corrected chi connectivity index (χ0v) is 19.6. The van der Waals surface area contributed by atoms with E-state index in [4.69, 9.17) is 11.6 Å². The van der Waals surface area contributed by atoms with E-state index in [2.05, 4.69) is 20.2 Å². The Labute approximate surface area is 187 Å². The van der Waals surface area contributed by atoms with Gasteiger partial charge in [-0.2, -0.15) is 5.10 Å². The molecule has 0 aliphatic carbocycles. The topological polar surface area (TPSA) is 127 Å². The van der Waals surface area contributed by atoms with Crippen molar-refractivity contribution < 1.29 is 18.3 Å². The smallest absolute Gasteiger partial charge is 0.317 e. The number of sulfonamides is 1. The molecule has 9 nitrogen and oxygen atoms in total. The third kappa shape index (κ3) is 5.68.